The number of hydrogen-bond donors (Lipinski definition) is 1. The first-order valence-corrected chi connectivity index (χ1v) is 14.2. The molecule has 0 bridgehead atoms. The minimum atomic E-state index is -4.10. The Kier molecular flexibility index (Phi) is 22.0. The number of unbranched alkanes of at least 4 members (excludes halogenated alkanes) is 15. The van der Waals surface area contributed by atoms with Crippen molar-refractivity contribution in [3.63, 3.8) is 0 Å². The molecule has 0 aromatic rings. The van der Waals surface area contributed by atoms with Crippen molar-refractivity contribution in [2.24, 2.45) is 0 Å². The van der Waals surface area contributed by atoms with Crippen LogP contribution in [0.3, 0.4) is 0 Å². The van der Waals surface area contributed by atoms with Crippen LogP contribution in [0.2, 0.25) is 0 Å². The van der Waals surface area contributed by atoms with Gasteiger partial charge >= 0.3 is 13.8 Å². The SMILES string of the molecule is CCCCCCCCCCCCCCCCCCOCC(COP(=O)(O)OC)OC(C)=O. The Balaban J connectivity index is 3.47. The van der Waals surface area contributed by atoms with E-state index in [-0.39, 0.29) is 13.2 Å². The number of hydrogen-bond acceptors (Lipinski definition) is 6. The first kappa shape index (κ1) is 31.5. The minimum Gasteiger partial charge on any atom is -0.458 e. The molecule has 2 atom stereocenters. The second-order valence-electron chi connectivity index (χ2n) is 8.56. The van der Waals surface area contributed by atoms with E-state index in [1.54, 1.807) is 0 Å². The molecular formula is C24H49O7P. The Morgan fingerprint density at radius 1 is 0.781 bits per heavy atom. The molecule has 0 aromatic heterocycles. The van der Waals surface area contributed by atoms with Gasteiger partial charge in [-0.2, -0.15) is 0 Å². The van der Waals surface area contributed by atoms with E-state index in [0.717, 1.165) is 20.0 Å². The summed E-state index contributed by atoms with van der Waals surface area (Å²) in [5, 5.41) is 0. The first-order chi connectivity index (χ1) is 15.4. The molecule has 0 fully saturated rings. The van der Waals surface area contributed by atoms with E-state index in [4.69, 9.17) is 14.0 Å². The maximum Gasteiger partial charge on any atom is 0.472 e. The number of esters is 1. The van der Waals surface area contributed by atoms with Crippen molar-refractivity contribution in [2.75, 3.05) is 26.9 Å². The van der Waals surface area contributed by atoms with Gasteiger partial charge in [-0.05, 0) is 6.42 Å². The summed E-state index contributed by atoms with van der Waals surface area (Å²) >= 11 is 0. The Hall–Kier alpha value is -0.460. The molecule has 0 aliphatic rings. The zero-order chi connectivity index (χ0) is 23.9. The van der Waals surface area contributed by atoms with Crippen LogP contribution in [-0.2, 0) is 27.9 Å². The Bertz CT molecular complexity index is 473. The number of phosphoric ester groups is 1. The van der Waals surface area contributed by atoms with Crippen molar-refractivity contribution in [1.82, 2.24) is 0 Å². The maximum absolute atomic E-state index is 11.3. The molecular weight excluding hydrogens is 431 g/mol. The molecule has 1 N–H and O–H groups in total. The second kappa shape index (κ2) is 22.3. The van der Waals surface area contributed by atoms with Crippen LogP contribution in [0.1, 0.15) is 117 Å². The molecule has 2 unspecified atom stereocenters. The molecule has 0 spiro atoms. The van der Waals surface area contributed by atoms with Crippen molar-refractivity contribution in [3.8, 4) is 0 Å². The fraction of sp³-hybridized carbons (Fsp3) is 0.958. The van der Waals surface area contributed by atoms with E-state index >= 15 is 0 Å². The molecule has 0 amide bonds. The standard InChI is InChI=1S/C24H49O7P/c1-4-5-6-7-8-9-10-11-12-13-14-15-16-17-18-19-20-29-21-24(31-23(2)25)22-30-32(26,27)28-3/h24H,4-22H2,1-3H3,(H,26,27). The van der Waals surface area contributed by atoms with Crippen LogP contribution in [0, 0.1) is 0 Å². The second-order valence-corrected chi connectivity index (χ2v) is 10.1. The van der Waals surface area contributed by atoms with Gasteiger partial charge < -0.3 is 14.4 Å². The average Bonchev–Trinajstić information content (AvgIpc) is 2.76. The molecule has 7 nitrogen and oxygen atoms in total. The van der Waals surface area contributed by atoms with Crippen molar-refractivity contribution in [3.05, 3.63) is 0 Å². The van der Waals surface area contributed by atoms with Crippen LogP contribution in [0.5, 0.6) is 0 Å². The summed E-state index contributed by atoms with van der Waals surface area (Å²) in [4.78, 5) is 20.4. The van der Waals surface area contributed by atoms with Gasteiger partial charge in [0.05, 0.1) is 13.2 Å². The van der Waals surface area contributed by atoms with Gasteiger partial charge in [0.2, 0.25) is 0 Å². The topological polar surface area (TPSA) is 91.3 Å². The molecule has 0 radical (unpaired) electrons. The zero-order valence-electron chi connectivity index (χ0n) is 20.9. The lowest BCUT2D eigenvalue weighted by atomic mass is 10.0. The zero-order valence-corrected chi connectivity index (χ0v) is 21.8. The van der Waals surface area contributed by atoms with E-state index in [1.165, 1.54) is 96.8 Å². The van der Waals surface area contributed by atoms with Gasteiger partial charge in [0, 0.05) is 20.6 Å². The molecule has 0 aliphatic carbocycles. The predicted octanol–water partition coefficient (Wildman–Crippen LogP) is 6.96. The first-order valence-electron chi connectivity index (χ1n) is 12.7. The van der Waals surface area contributed by atoms with Crippen molar-refractivity contribution in [1.29, 1.82) is 0 Å². The van der Waals surface area contributed by atoms with E-state index in [0.29, 0.717) is 6.61 Å². The highest BCUT2D eigenvalue weighted by molar-refractivity contribution is 7.47. The molecule has 0 saturated carbocycles. The predicted molar refractivity (Wildman–Crippen MR) is 129 cm³/mol. The van der Waals surface area contributed by atoms with Crippen LogP contribution >= 0.6 is 7.82 Å². The summed E-state index contributed by atoms with van der Waals surface area (Å²) in [7, 11) is -3.02. The molecule has 0 saturated heterocycles. The largest absolute Gasteiger partial charge is 0.472 e. The lowest BCUT2D eigenvalue weighted by Crippen LogP contribution is -2.27. The third kappa shape index (κ3) is 22.7. The van der Waals surface area contributed by atoms with Crippen molar-refractivity contribution < 1.29 is 32.8 Å². The Labute approximate surface area is 196 Å². The smallest absolute Gasteiger partial charge is 0.458 e. The third-order valence-electron chi connectivity index (χ3n) is 5.43. The summed E-state index contributed by atoms with van der Waals surface area (Å²) in [6, 6.07) is 0. The van der Waals surface area contributed by atoms with E-state index in [2.05, 4.69) is 11.4 Å². The summed E-state index contributed by atoms with van der Waals surface area (Å²) in [5.41, 5.74) is 0. The minimum absolute atomic E-state index is 0.127. The summed E-state index contributed by atoms with van der Waals surface area (Å²) in [6.45, 7) is 3.99. The Morgan fingerprint density at radius 3 is 1.62 bits per heavy atom. The molecule has 192 valence electrons. The van der Waals surface area contributed by atoms with Gasteiger partial charge in [0.25, 0.3) is 0 Å². The molecule has 0 rings (SSSR count). The normalized spacial score (nSPS) is 14.2. The highest BCUT2D eigenvalue weighted by Gasteiger charge is 2.23. The summed E-state index contributed by atoms with van der Waals surface area (Å²) in [6.07, 6.45) is 20.4. The Morgan fingerprint density at radius 2 is 1.22 bits per heavy atom. The number of carbonyl (C=O) groups is 1. The van der Waals surface area contributed by atoms with Gasteiger partial charge in [-0.3, -0.25) is 13.8 Å². The average molecular weight is 481 g/mol. The highest BCUT2D eigenvalue weighted by Crippen LogP contribution is 2.42. The molecule has 0 aromatic carbocycles. The van der Waals surface area contributed by atoms with Crippen LogP contribution in [0.15, 0.2) is 0 Å². The lowest BCUT2D eigenvalue weighted by molar-refractivity contribution is -0.151. The quantitative estimate of drug-likeness (QED) is 0.0907. The van der Waals surface area contributed by atoms with Gasteiger partial charge in [0.1, 0.15) is 6.10 Å². The monoisotopic (exact) mass is 480 g/mol. The van der Waals surface area contributed by atoms with E-state index in [1.807, 2.05) is 0 Å². The lowest BCUT2D eigenvalue weighted by Gasteiger charge is -2.18. The molecule has 8 heteroatoms. The summed E-state index contributed by atoms with van der Waals surface area (Å²) < 4.78 is 31.0. The summed E-state index contributed by atoms with van der Waals surface area (Å²) in [5.74, 6) is -0.491. The fourth-order valence-electron chi connectivity index (χ4n) is 3.55. The van der Waals surface area contributed by atoms with E-state index < -0.39 is 19.9 Å². The van der Waals surface area contributed by atoms with Crippen molar-refractivity contribution in [2.45, 2.75) is 123 Å². The fourth-order valence-corrected chi connectivity index (χ4v) is 4.01. The van der Waals surface area contributed by atoms with Crippen LogP contribution in [0.4, 0.5) is 0 Å². The number of phosphoric acid groups is 1. The molecule has 0 heterocycles. The third-order valence-corrected chi connectivity index (χ3v) is 6.37. The van der Waals surface area contributed by atoms with Gasteiger partial charge in [-0.15, -0.1) is 0 Å². The van der Waals surface area contributed by atoms with Gasteiger partial charge in [0.15, 0.2) is 0 Å². The maximum atomic E-state index is 11.3. The van der Waals surface area contributed by atoms with Gasteiger partial charge in [-0.25, -0.2) is 4.57 Å². The van der Waals surface area contributed by atoms with Crippen molar-refractivity contribution >= 4 is 13.8 Å². The molecule has 32 heavy (non-hydrogen) atoms. The van der Waals surface area contributed by atoms with Crippen LogP contribution in [0.25, 0.3) is 0 Å². The van der Waals surface area contributed by atoms with E-state index in [9.17, 15) is 14.3 Å². The van der Waals surface area contributed by atoms with Crippen LogP contribution < -0.4 is 0 Å². The molecule has 0 aliphatic heterocycles. The number of carbonyl (C=O) groups excluding carboxylic acids is 1. The van der Waals surface area contributed by atoms with Crippen LogP contribution in [-0.4, -0.2) is 43.9 Å². The number of ether oxygens (including phenoxy) is 2. The highest BCUT2D eigenvalue weighted by atomic mass is 31.2. The number of rotatable bonds is 24. The van der Waals surface area contributed by atoms with Gasteiger partial charge in [-0.1, -0.05) is 103 Å².